The van der Waals surface area contributed by atoms with Crippen LogP contribution in [0, 0.1) is 10.5 Å². The normalized spacial score (nSPS) is 11.2. The molecule has 0 aromatic heterocycles. The number of rotatable bonds is 4. The van der Waals surface area contributed by atoms with Gasteiger partial charge in [0.1, 0.15) is 5.75 Å². The summed E-state index contributed by atoms with van der Waals surface area (Å²) in [6, 6.07) is 11.9. The van der Waals surface area contributed by atoms with Crippen LogP contribution in [0.25, 0.3) is 0 Å². The van der Waals surface area contributed by atoms with Gasteiger partial charge in [-0.1, -0.05) is 17.7 Å². The van der Waals surface area contributed by atoms with Gasteiger partial charge in [-0.2, -0.15) is 0 Å². The van der Waals surface area contributed by atoms with Crippen LogP contribution < -0.4 is 9.46 Å². The van der Waals surface area contributed by atoms with Crippen LogP contribution in [0.5, 0.6) is 5.75 Å². The molecule has 6 heteroatoms. The highest BCUT2D eigenvalue weighted by Crippen LogP contribution is 2.26. The Balaban J connectivity index is 2.31. The van der Waals surface area contributed by atoms with Crippen molar-refractivity contribution in [2.45, 2.75) is 11.8 Å². The summed E-state index contributed by atoms with van der Waals surface area (Å²) in [7, 11) is -2.00. The molecule has 0 heterocycles. The lowest BCUT2D eigenvalue weighted by Gasteiger charge is -2.11. The van der Waals surface area contributed by atoms with Crippen LogP contribution in [-0.2, 0) is 10.0 Å². The van der Waals surface area contributed by atoms with Crippen molar-refractivity contribution in [1.82, 2.24) is 0 Å². The van der Waals surface area contributed by atoms with Gasteiger partial charge < -0.3 is 4.74 Å². The fourth-order valence-electron chi connectivity index (χ4n) is 1.63. The number of aryl methyl sites for hydroxylation is 1. The number of sulfonamides is 1. The average molecular weight is 403 g/mol. The minimum Gasteiger partial charge on any atom is -0.497 e. The van der Waals surface area contributed by atoms with E-state index in [1.807, 2.05) is 6.92 Å². The van der Waals surface area contributed by atoms with E-state index in [1.54, 1.807) is 49.6 Å². The summed E-state index contributed by atoms with van der Waals surface area (Å²) in [4.78, 5) is 0.245. The Labute approximate surface area is 132 Å². The van der Waals surface area contributed by atoms with Crippen LogP contribution in [0.3, 0.4) is 0 Å². The number of benzene rings is 2. The van der Waals surface area contributed by atoms with Crippen LogP contribution in [0.15, 0.2) is 47.4 Å². The zero-order valence-electron chi connectivity index (χ0n) is 11.1. The van der Waals surface area contributed by atoms with E-state index in [2.05, 4.69) is 27.3 Å². The molecule has 4 nitrogen and oxygen atoms in total. The van der Waals surface area contributed by atoms with Gasteiger partial charge >= 0.3 is 0 Å². The Hall–Kier alpha value is -1.28. The zero-order chi connectivity index (χ0) is 14.8. The quantitative estimate of drug-likeness (QED) is 0.797. The lowest BCUT2D eigenvalue weighted by molar-refractivity contribution is 0.414. The molecule has 106 valence electrons. The van der Waals surface area contributed by atoms with E-state index in [0.717, 1.165) is 9.13 Å². The average Bonchev–Trinajstić information content (AvgIpc) is 2.41. The maximum Gasteiger partial charge on any atom is 0.261 e. The van der Waals surface area contributed by atoms with Crippen molar-refractivity contribution in [2.24, 2.45) is 0 Å². The SMILES string of the molecule is COc1ccc(NS(=O)(=O)c2ccc(C)cc2)c(I)c1. The van der Waals surface area contributed by atoms with Crippen LogP contribution >= 0.6 is 22.6 Å². The number of anilines is 1. The van der Waals surface area contributed by atoms with E-state index in [4.69, 9.17) is 4.74 Å². The molecule has 0 aliphatic carbocycles. The summed E-state index contributed by atoms with van der Waals surface area (Å²) in [6.45, 7) is 1.91. The first-order valence-corrected chi connectivity index (χ1v) is 8.41. The first-order chi connectivity index (χ1) is 9.42. The summed E-state index contributed by atoms with van der Waals surface area (Å²) in [5.74, 6) is 0.688. The van der Waals surface area contributed by atoms with Crippen molar-refractivity contribution in [3.8, 4) is 5.75 Å². The molecule has 0 fully saturated rings. The Bertz CT molecular complexity index is 712. The van der Waals surface area contributed by atoms with E-state index in [9.17, 15) is 8.42 Å². The Morgan fingerprint density at radius 1 is 1.10 bits per heavy atom. The lowest BCUT2D eigenvalue weighted by Crippen LogP contribution is -2.13. The lowest BCUT2D eigenvalue weighted by atomic mass is 10.2. The maximum absolute atomic E-state index is 12.3. The first-order valence-electron chi connectivity index (χ1n) is 5.85. The summed E-state index contributed by atoms with van der Waals surface area (Å²) < 4.78 is 33.0. The minimum absolute atomic E-state index is 0.245. The number of halogens is 1. The van der Waals surface area contributed by atoms with E-state index >= 15 is 0 Å². The monoisotopic (exact) mass is 403 g/mol. The number of hydrogen-bond acceptors (Lipinski definition) is 3. The highest BCUT2D eigenvalue weighted by Gasteiger charge is 2.15. The zero-order valence-corrected chi connectivity index (χ0v) is 14.0. The van der Waals surface area contributed by atoms with Gasteiger partial charge in [-0.3, -0.25) is 4.72 Å². The van der Waals surface area contributed by atoms with Gasteiger partial charge in [-0.05, 0) is 59.8 Å². The summed E-state index contributed by atoms with van der Waals surface area (Å²) in [6.07, 6.45) is 0. The third-order valence-electron chi connectivity index (χ3n) is 2.75. The largest absolute Gasteiger partial charge is 0.497 e. The number of nitrogens with one attached hydrogen (secondary N) is 1. The fourth-order valence-corrected chi connectivity index (χ4v) is 3.51. The number of ether oxygens (including phenoxy) is 1. The molecule has 1 N–H and O–H groups in total. The summed E-state index contributed by atoms with van der Waals surface area (Å²) in [5, 5.41) is 0. The van der Waals surface area contributed by atoms with Crippen molar-refractivity contribution in [3.63, 3.8) is 0 Å². The van der Waals surface area contributed by atoms with Gasteiger partial charge in [0.2, 0.25) is 0 Å². The minimum atomic E-state index is -3.57. The van der Waals surface area contributed by atoms with Gasteiger partial charge in [-0.15, -0.1) is 0 Å². The Morgan fingerprint density at radius 3 is 2.30 bits per heavy atom. The van der Waals surface area contributed by atoms with Crippen molar-refractivity contribution >= 4 is 38.3 Å². The molecule has 20 heavy (non-hydrogen) atoms. The number of hydrogen-bond donors (Lipinski definition) is 1. The van der Waals surface area contributed by atoms with Gasteiger partial charge in [0.15, 0.2) is 0 Å². The molecule has 0 bridgehead atoms. The predicted molar refractivity (Wildman–Crippen MR) is 87.7 cm³/mol. The van der Waals surface area contributed by atoms with Crippen LogP contribution in [-0.4, -0.2) is 15.5 Å². The van der Waals surface area contributed by atoms with E-state index in [0.29, 0.717) is 11.4 Å². The third-order valence-corrected chi connectivity index (χ3v) is 5.03. The smallest absolute Gasteiger partial charge is 0.261 e. The molecular formula is C14H14INO3S. The molecular weight excluding hydrogens is 389 g/mol. The molecule has 0 saturated carbocycles. The van der Waals surface area contributed by atoms with Crippen LogP contribution in [0.2, 0.25) is 0 Å². The topological polar surface area (TPSA) is 55.4 Å². The van der Waals surface area contributed by atoms with Gasteiger partial charge in [0.05, 0.1) is 17.7 Å². The molecule has 0 atom stereocenters. The molecule has 0 aliphatic heterocycles. The van der Waals surface area contributed by atoms with E-state index in [-0.39, 0.29) is 4.90 Å². The summed E-state index contributed by atoms with van der Waals surface area (Å²) >= 11 is 2.07. The number of methoxy groups -OCH3 is 1. The second-order valence-electron chi connectivity index (χ2n) is 4.26. The molecule has 0 aliphatic rings. The van der Waals surface area contributed by atoms with Crippen LogP contribution in [0.1, 0.15) is 5.56 Å². The second-order valence-corrected chi connectivity index (χ2v) is 7.11. The molecule has 2 aromatic carbocycles. The maximum atomic E-state index is 12.3. The van der Waals surface area contributed by atoms with Crippen molar-refractivity contribution in [2.75, 3.05) is 11.8 Å². The predicted octanol–water partition coefficient (Wildman–Crippen LogP) is 3.41. The molecule has 0 unspecified atom stereocenters. The first kappa shape index (κ1) is 15.1. The molecule has 2 aromatic rings. The van der Waals surface area contributed by atoms with Gasteiger partial charge in [-0.25, -0.2) is 8.42 Å². The molecule has 0 saturated heterocycles. The molecule has 0 spiro atoms. The van der Waals surface area contributed by atoms with Crippen molar-refractivity contribution in [3.05, 3.63) is 51.6 Å². The summed E-state index contributed by atoms with van der Waals surface area (Å²) in [5.41, 5.74) is 1.55. The third kappa shape index (κ3) is 3.43. The Kier molecular flexibility index (Phi) is 4.54. The molecule has 0 amide bonds. The Morgan fingerprint density at radius 2 is 1.75 bits per heavy atom. The highest BCUT2D eigenvalue weighted by atomic mass is 127. The standard InChI is InChI=1S/C14H14INO3S/c1-10-3-6-12(7-4-10)20(17,18)16-14-8-5-11(19-2)9-13(14)15/h3-9,16H,1-2H3. The fraction of sp³-hybridized carbons (Fsp3) is 0.143. The van der Waals surface area contributed by atoms with Crippen molar-refractivity contribution < 1.29 is 13.2 Å². The van der Waals surface area contributed by atoms with Gasteiger partial charge in [0, 0.05) is 3.57 Å². The molecule has 2 rings (SSSR count). The van der Waals surface area contributed by atoms with Crippen LogP contribution in [0.4, 0.5) is 5.69 Å². The second kappa shape index (κ2) is 6.01. The highest BCUT2D eigenvalue weighted by molar-refractivity contribution is 14.1. The van der Waals surface area contributed by atoms with Gasteiger partial charge in [0.25, 0.3) is 10.0 Å². The van der Waals surface area contributed by atoms with E-state index in [1.165, 1.54) is 0 Å². The molecule has 0 radical (unpaired) electrons. The van der Waals surface area contributed by atoms with Crippen molar-refractivity contribution in [1.29, 1.82) is 0 Å². The van der Waals surface area contributed by atoms with E-state index < -0.39 is 10.0 Å².